The first-order valence-corrected chi connectivity index (χ1v) is 4.16. The Morgan fingerprint density at radius 3 is 2.47 bits per heavy atom. The van der Waals surface area contributed by atoms with Crippen molar-refractivity contribution in [3.05, 3.63) is 29.0 Å². The van der Waals surface area contributed by atoms with Crippen molar-refractivity contribution in [2.75, 3.05) is 0 Å². The summed E-state index contributed by atoms with van der Waals surface area (Å²) in [5.41, 5.74) is -0.574. The maximum atomic E-state index is 11.3. The molecule has 1 aromatic rings. The molecule has 1 aromatic heterocycles. The van der Waals surface area contributed by atoms with Gasteiger partial charge in [0.25, 0.3) is 5.69 Å². The van der Waals surface area contributed by atoms with Crippen LogP contribution in [0.2, 0.25) is 0 Å². The first kappa shape index (κ1) is 13.9. The van der Waals surface area contributed by atoms with Crippen LogP contribution in [0.5, 0.6) is 0 Å². The van der Waals surface area contributed by atoms with Crippen molar-refractivity contribution in [1.29, 1.82) is 0 Å². The van der Waals surface area contributed by atoms with E-state index in [1.807, 2.05) is 0 Å². The number of aromatic carboxylic acids is 1. The van der Waals surface area contributed by atoms with Crippen LogP contribution in [0.4, 0.5) is 0 Å². The van der Waals surface area contributed by atoms with Crippen molar-refractivity contribution in [2.45, 2.75) is 26.2 Å². The van der Waals surface area contributed by atoms with Gasteiger partial charge in [0, 0.05) is 6.07 Å². The van der Waals surface area contributed by atoms with Crippen molar-refractivity contribution in [2.24, 2.45) is 0 Å². The molecule has 1 heterocycles. The average Bonchev–Trinajstić information content (AvgIpc) is 2.02. The number of carboxylic acids is 1. The predicted octanol–water partition coefficient (Wildman–Crippen LogP) is 0.0622. The number of hydrogen-bond acceptors (Lipinski definition) is 3. The van der Waals surface area contributed by atoms with E-state index in [-0.39, 0.29) is 30.4 Å². The van der Waals surface area contributed by atoms with Crippen molar-refractivity contribution in [3.8, 4) is 0 Å². The van der Waals surface area contributed by atoms with Gasteiger partial charge < -0.3 is 10.3 Å². The van der Waals surface area contributed by atoms with Crippen LogP contribution in [0.25, 0.3) is 0 Å². The second-order valence-corrected chi connectivity index (χ2v) is 4.02. The third-order valence-electron chi connectivity index (χ3n) is 1.69. The minimum atomic E-state index is -1.13. The van der Waals surface area contributed by atoms with Crippen LogP contribution in [-0.4, -0.2) is 34.9 Å². The van der Waals surface area contributed by atoms with Gasteiger partial charge in [0.2, 0.25) is 0 Å². The fraction of sp³-hybridized carbons (Fsp3) is 0.444. The summed E-state index contributed by atoms with van der Waals surface area (Å²) >= 11 is 0. The molecule has 0 saturated heterocycles. The summed E-state index contributed by atoms with van der Waals surface area (Å²) in [6.45, 7) is 5.40. The second-order valence-electron chi connectivity index (χ2n) is 4.02. The molecule has 0 radical (unpaired) electrons. The van der Waals surface area contributed by atoms with Crippen molar-refractivity contribution in [3.63, 3.8) is 0 Å². The molecule has 0 fully saturated rings. The van der Waals surface area contributed by atoms with Crippen LogP contribution in [0.1, 0.15) is 37.1 Å². The van der Waals surface area contributed by atoms with Crippen molar-refractivity contribution in [1.82, 2.24) is 4.98 Å². The Morgan fingerprint density at radius 2 is 2.07 bits per heavy atom. The molecular formula is C9H13LiN2O3. The molecule has 0 spiro atoms. The van der Waals surface area contributed by atoms with E-state index in [1.165, 1.54) is 6.07 Å². The predicted molar refractivity (Wildman–Crippen MR) is 56.0 cm³/mol. The molecule has 5 nitrogen and oxygen atoms in total. The van der Waals surface area contributed by atoms with Crippen molar-refractivity contribution < 1.29 is 14.6 Å². The Bertz CT molecular complexity index is 374. The van der Waals surface area contributed by atoms with Crippen LogP contribution in [0.3, 0.4) is 0 Å². The van der Waals surface area contributed by atoms with Gasteiger partial charge >= 0.3 is 30.7 Å². The van der Waals surface area contributed by atoms with Crippen LogP contribution < -0.4 is 4.73 Å². The van der Waals surface area contributed by atoms with Crippen LogP contribution >= 0.6 is 0 Å². The van der Waals surface area contributed by atoms with Gasteiger partial charge in [-0.05, 0) is 25.8 Å². The molecule has 1 N–H and O–H groups in total. The zero-order valence-corrected chi connectivity index (χ0v) is 8.31. The second kappa shape index (κ2) is 4.64. The Morgan fingerprint density at radius 1 is 1.53 bits per heavy atom. The Labute approximate surface area is 99.9 Å². The summed E-state index contributed by atoms with van der Waals surface area (Å²) < 4.78 is 0.590. The van der Waals surface area contributed by atoms with Gasteiger partial charge in [-0.25, -0.2) is 9.52 Å². The fourth-order valence-electron chi connectivity index (χ4n) is 1.03. The molecule has 0 unspecified atom stereocenters. The molecule has 15 heavy (non-hydrogen) atoms. The molecule has 0 saturated carbocycles. The monoisotopic (exact) mass is 204 g/mol. The number of carbonyl (C=O) groups is 1. The van der Waals surface area contributed by atoms with E-state index < -0.39 is 11.4 Å². The summed E-state index contributed by atoms with van der Waals surface area (Å²) in [6, 6.07) is 1.19. The molecule has 0 aromatic carbocycles. The van der Waals surface area contributed by atoms with E-state index in [4.69, 9.17) is 5.11 Å². The van der Waals surface area contributed by atoms with Crippen LogP contribution in [0.15, 0.2) is 12.3 Å². The first-order valence-electron chi connectivity index (χ1n) is 4.16. The summed E-state index contributed by atoms with van der Waals surface area (Å²) in [5.74, 6) is -0.923. The normalized spacial score (nSPS) is 10.6. The molecule has 1 rings (SSSR count). The SMILES string of the molecule is CC(C)(C)c1nc(C(=O)O)cc[n+]1[O-].[LiH]. The number of rotatable bonds is 1. The maximum absolute atomic E-state index is 11.3. The molecule has 0 aliphatic rings. The minimum absolute atomic E-state index is 0. The number of hydrogen-bond donors (Lipinski definition) is 1. The molecule has 0 aliphatic carbocycles. The van der Waals surface area contributed by atoms with Gasteiger partial charge in [0.05, 0.1) is 11.6 Å². The zero-order chi connectivity index (χ0) is 10.9. The summed E-state index contributed by atoms with van der Waals surface area (Å²) in [4.78, 5) is 14.4. The van der Waals surface area contributed by atoms with Gasteiger partial charge in [-0.15, -0.1) is 0 Å². The molecule has 0 atom stereocenters. The third-order valence-corrected chi connectivity index (χ3v) is 1.69. The van der Waals surface area contributed by atoms with Gasteiger partial charge in [-0.2, -0.15) is 0 Å². The Balaban J connectivity index is 0.00000196. The van der Waals surface area contributed by atoms with E-state index in [2.05, 4.69) is 4.98 Å². The summed E-state index contributed by atoms with van der Waals surface area (Å²) in [5, 5.41) is 20.0. The topological polar surface area (TPSA) is 77.1 Å². The molecule has 78 valence electrons. The Hall–Kier alpha value is -1.05. The third kappa shape index (κ3) is 3.22. The zero-order valence-electron chi connectivity index (χ0n) is 8.31. The number of aromatic nitrogens is 2. The fourth-order valence-corrected chi connectivity index (χ4v) is 1.03. The van der Waals surface area contributed by atoms with Gasteiger partial charge in [0.15, 0.2) is 0 Å². The van der Waals surface area contributed by atoms with E-state index in [0.717, 1.165) is 6.20 Å². The van der Waals surface area contributed by atoms with E-state index in [0.29, 0.717) is 4.73 Å². The van der Waals surface area contributed by atoms with Crippen LogP contribution in [0, 0.1) is 5.21 Å². The molecular weight excluding hydrogens is 191 g/mol. The molecule has 0 aliphatic heterocycles. The van der Waals surface area contributed by atoms with Gasteiger partial charge in [0.1, 0.15) is 0 Å². The summed E-state index contributed by atoms with van der Waals surface area (Å²) in [6.07, 6.45) is 1.16. The summed E-state index contributed by atoms with van der Waals surface area (Å²) in [7, 11) is 0. The molecule has 0 amide bonds. The van der Waals surface area contributed by atoms with Crippen LogP contribution in [-0.2, 0) is 5.41 Å². The average molecular weight is 204 g/mol. The first-order chi connectivity index (χ1) is 6.32. The standard InChI is InChI=1S/C9H12N2O3.Li.H/c1-9(2,3)8-10-6(7(12)13)4-5-11(8)14;;/h4-5H,1-3H3,(H,12,13);;. The van der Waals surface area contributed by atoms with Gasteiger partial charge in [-0.1, -0.05) is 0 Å². The Kier molecular flexibility index (Phi) is 4.32. The number of nitrogens with zero attached hydrogens (tertiary/aromatic N) is 2. The van der Waals surface area contributed by atoms with E-state index in [9.17, 15) is 10.0 Å². The van der Waals surface area contributed by atoms with Gasteiger partial charge in [-0.3, -0.25) is 0 Å². The van der Waals surface area contributed by atoms with E-state index >= 15 is 0 Å². The van der Waals surface area contributed by atoms with E-state index in [1.54, 1.807) is 20.8 Å². The molecule has 6 heteroatoms. The molecule has 0 bridgehead atoms. The quantitative estimate of drug-likeness (QED) is 0.398. The number of carboxylic acid groups (broad SMARTS) is 1. The van der Waals surface area contributed by atoms with Crippen molar-refractivity contribution >= 4 is 24.8 Å².